The summed E-state index contributed by atoms with van der Waals surface area (Å²) in [5.74, 6) is -0.605. The Morgan fingerprint density at radius 1 is 1.04 bits per heavy atom. The van der Waals surface area contributed by atoms with E-state index < -0.39 is 17.5 Å². The molecule has 0 saturated carbocycles. The van der Waals surface area contributed by atoms with Crippen LogP contribution in [0.25, 0.3) is 0 Å². The number of amides is 4. The highest BCUT2D eigenvalue weighted by Gasteiger charge is 2.19. The molecule has 1 atom stereocenters. The fourth-order valence-corrected chi connectivity index (χ4v) is 2.30. The number of anilines is 1. The molecule has 1 aromatic carbocycles. The van der Waals surface area contributed by atoms with Crippen molar-refractivity contribution in [1.82, 2.24) is 10.6 Å². The number of para-hydroxylation sites is 1. The van der Waals surface area contributed by atoms with Crippen LogP contribution in [0.2, 0.25) is 0 Å². The maximum absolute atomic E-state index is 12.1. The van der Waals surface area contributed by atoms with E-state index in [0.717, 1.165) is 17.7 Å². The van der Waals surface area contributed by atoms with Crippen molar-refractivity contribution in [1.29, 1.82) is 0 Å². The van der Waals surface area contributed by atoms with Crippen LogP contribution >= 0.6 is 0 Å². The van der Waals surface area contributed by atoms with Crippen molar-refractivity contribution in [3.63, 3.8) is 0 Å². The number of rotatable bonds is 6. The van der Waals surface area contributed by atoms with Crippen LogP contribution in [0.15, 0.2) is 24.3 Å². The fraction of sp³-hybridized carbons (Fsp3) is 0.500. The minimum atomic E-state index is -0.536. The number of carbonyl (C=O) groups is 3. The van der Waals surface area contributed by atoms with E-state index in [1.807, 2.05) is 52.0 Å². The number of urea groups is 1. The van der Waals surface area contributed by atoms with Crippen molar-refractivity contribution < 1.29 is 19.3 Å². The van der Waals surface area contributed by atoms with Gasteiger partial charge < -0.3 is 15.5 Å². The second kappa shape index (κ2) is 9.17. The number of quaternary nitrogens is 1. The molecule has 0 aliphatic rings. The van der Waals surface area contributed by atoms with Crippen LogP contribution in [-0.2, 0) is 16.0 Å². The Labute approximate surface area is 149 Å². The van der Waals surface area contributed by atoms with Gasteiger partial charge in [-0.3, -0.25) is 14.9 Å². The van der Waals surface area contributed by atoms with E-state index >= 15 is 0 Å². The zero-order chi connectivity index (χ0) is 19.0. The van der Waals surface area contributed by atoms with Gasteiger partial charge in [0, 0.05) is 11.2 Å². The minimum absolute atomic E-state index is 0.0282. The molecule has 4 N–H and O–H groups in total. The van der Waals surface area contributed by atoms with E-state index in [4.69, 9.17) is 0 Å². The van der Waals surface area contributed by atoms with E-state index in [1.165, 1.54) is 0 Å². The van der Waals surface area contributed by atoms with Crippen molar-refractivity contribution in [3.8, 4) is 0 Å². The number of hydrogen-bond acceptors (Lipinski definition) is 3. The topological polar surface area (TPSA) is 91.7 Å². The van der Waals surface area contributed by atoms with Crippen molar-refractivity contribution >= 4 is 23.5 Å². The summed E-state index contributed by atoms with van der Waals surface area (Å²) in [5.41, 5.74) is 1.43. The molecule has 0 aliphatic carbocycles. The summed E-state index contributed by atoms with van der Waals surface area (Å²) in [5, 5.41) is 7.78. The Morgan fingerprint density at radius 2 is 1.64 bits per heavy atom. The first-order valence-corrected chi connectivity index (χ1v) is 8.41. The number of carbonyl (C=O) groups excluding carboxylic acids is 3. The van der Waals surface area contributed by atoms with Crippen molar-refractivity contribution in [3.05, 3.63) is 29.8 Å². The smallest absolute Gasteiger partial charge is 0.322 e. The molecule has 0 radical (unpaired) electrons. The SMILES string of the molecule is CCc1ccccc1NC(=O)C[NH+](C)CC(=O)NC(=O)NC(C)(C)C. The molecule has 0 aromatic heterocycles. The average Bonchev–Trinajstić information content (AvgIpc) is 2.44. The molecule has 1 rings (SSSR count). The molecule has 138 valence electrons. The van der Waals surface area contributed by atoms with E-state index in [-0.39, 0.29) is 19.0 Å². The Hall–Kier alpha value is -2.41. The summed E-state index contributed by atoms with van der Waals surface area (Å²) >= 11 is 0. The lowest BCUT2D eigenvalue weighted by Crippen LogP contribution is -3.11. The molecule has 0 fully saturated rings. The van der Waals surface area contributed by atoms with Crippen molar-refractivity contribution in [2.24, 2.45) is 0 Å². The minimum Gasteiger partial charge on any atom is -0.333 e. The lowest BCUT2D eigenvalue weighted by atomic mass is 10.1. The molecule has 7 nitrogen and oxygen atoms in total. The maximum atomic E-state index is 12.1. The molecule has 0 aliphatic heterocycles. The monoisotopic (exact) mass is 349 g/mol. The Morgan fingerprint density at radius 3 is 2.24 bits per heavy atom. The Balaban J connectivity index is 2.45. The summed E-state index contributed by atoms with van der Waals surface area (Å²) in [6.07, 6.45) is 0.824. The standard InChI is InChI=1S/C18H28N4O3/c1-6-13-9-7-8-10-14(13)19-15(23)11-22(5)12-16(24)20-17(25)21-18(2,3)4/h7-10H,6,11-12H2,1-5H3,(H,19,23)(H2,20,21,24,25)/p+1. The lowest BCUT2D eigenvalue weighted by molar-refractivity contribution is -0.862. The van der Waals surface area contributed by atoms with Gasteiger partial charge in [0.1, 0.15) is 0 Å². The van der Waals surface area contributed by atoms with Gasteiger partial charge in [-0.25, -0.2) is 4.79 Å². The van der Waals surface area contributed by atoms with Gasteiger partial charge in [-0.2, -0.15) is 0 Å². The quantitative estimate of drug-likeness (QED) is 0.596. The number of imide groups is 1. The van der Waals surface area contributed by atoms with Crippen LogP contribution in [0.4, 0.5) is 10.5 Å². The molecular formula is C18H29N4O3+. The zero-order valence-electron chi connectivity index (χ0n) is 15.7. The predicted octanol–water partition coefficient (Wildman–Crippen LogP) is 0.327. The highest BCUT2D eigenvalue weighted by Crippen LogP contribution is 2.14. The van der Waals surface area contributed by atoms with E-state index in [0.29, 0.717) is 4.90 Å². The number of hydrogen-bond donors (Lipinski definition) is 4. The second-order valence-corrected chi connectivity index (χ2v) is 7.12. The van der Waals surface area contributed by atoms with Crippen molar-refractivity contribution in [2.45, 2.75) is 39.7 Å². The van der Waals surface area contributed by atoms with Crippen LogP contribution in [0, 0.1) is 0 Å². The highest BCUT2D eigenvalue weighted by atomic mass is 16.2. The van der Waals surface area contributed by atoms with Gasteiger partial charge in [-0.1, -0.05) is 25.1 Å². The van der Waals surface area contributed by atoms with Crippen LogP contribution < -0.4 is 20.9 Å². The Bertz CT molecular complexity index is 623. The largest absolute Gasteiger partial charge is 0.333 e. The van der Waals surface area contributed by atoms with Crippen molar-refractivity contribution in [2.75, 3.05) is 25.5 Å². The van der Waals surface area contributed by atoms with Gasteiger partial charge in [0.2, 0.25) is 0 Å². The van der Waals surface area contributed by atoms with Gasteiger partial charge in [-0.05, 0) is 38.8 Å². The molecule has 0 spiro atoms. The molecule has 4 amide bonds. The van der Waals surface area contributed by atoms with Gasteiger partial charge in [-0.15, -0.1) is 0 Å². The van der Waals surface area contributed by atoms with Gasteiger partial charge >= 0.3 is 6.03 Å². The molecule has 0 bridgehead atoms. The van der Waals surface area contributed by atoms with E-state index in [2.05, 4.69) is 16.0 Å². The zero-order valence-corrected chi connectivity index (χ0v) is 15.7. The third-order valence-corrected chi connectivity index (χ3v) is 3.34. The van der Waals surface area contributed by atoms with Crippen LogP contribution in [0.5, 0.6) is 0 Å². The lowest BCUT2D eigenvalue weighted by Gasteiger charge is -2.20. The first kappa shape index (κ1) is 20.6. The number of likely N-dealkylation sites (N-methyl/N-ethyl adjacent to an activating group) is 1. The molecule has 1 aromatic rings. The van der Waals surface area contributed by atoms with Crippen LogP contribution in [0.3, 0.4) is 0 Å². The van der Waals surface area contributed by atoms with Gasteiger partial charge in [0.15, 0.2) is 13.1 Å². The first-order chi connectivity index (χ1) is 11.6. The van der Waals surface area contributed by atoms with E-state index in [1.54, 1.807) is 7.05 Å². The molecule has 25 heavy (non-hydrogen) atoms. The maximum Gasteiger partial charge on any atom is 0.322 e. The molecule has 0 heterocycles. The molecular weight excluding hydrogens is 320 g/mol. The normalized spacial score (nSPS) is 12.2. The summed E-state index contributed by atoms with van der Waals surface area (Å²) in [6.45, 7) is 7.66. The first-order valence-electron chi connectivity index (χ1n) is 8.41. The van der Waals surface area contributed by atoms with E-state index in [9.17, 15) is 14.4 Å². The second-order valence-electron chi connectivity index (χ2n) is 7.12. The van der Waals surface area contributed by atoms with Crippen LogP contribution in [-0.4, -0.2) is 43.5 Å². The summed E-state index contributed by atoms with van der Waals surface area (Å²) in [6, 6.07) is 7.08. The predicted molar refractivity (Wildman–Crippen MR) is 97.5 cm³/mol. The average molecular weight is 349 g/mol. The third-order valence-electron chi connectivity index (χ3n) is 3.34. The van der Waals surface area contributed by atoms with Crippen LogP contribution in [0.1, 0.15) is 33.3 Å². The van der Waals surface area contributed by atoms with Gasteiger partial charge in [0.25, 0.3) is 11.8 Å². The summed E-state index contributed by atoms with van der Waals surface area (Å²) in [4.78, 5) is 36.3. The molecule has 7 heteroatoms. The Kier molecular flexibility index (Phi) is 7.57. The summed E-state index contributed by atoms with van der Waals surface area (Å²) < 4.78 is 0. The molecule has 0 saturated heterocycles. The molecule has 1 unspecified atom stereocenters. The number of nitrogens with one attached hydrogen (secondary N) is 4. The summed E-state index contributed by atoms with van der Waals surface area (Å²) in [7, 11) is 1.73. The fourth-order valence-electron chi connectivity index (χ4n) is 2.30. The number of benzene rings is 1. The highest BCUT2D eigenvalue weighted by molar-refractivity contribution is 5.95. The van der Waals surface area contributed by atoms with Gasteiger partial charge in [0.05, 0.1) is 7.05 Å². The number of aryl methyl sites for hydroxylation is 1. The third kappa shape index (κ3) is 8.30.